The number of aromatic nitrogens is 1. The van der Waals surface area contributed by atoms with Gasteiger partial charge < -0.3 is 10.0 Å². The van der Waals surface area contributed by atoms with E-state index in [1.807, 2.05) is 12.1 Å². The van der Waals surface area contributed by atoms with Crippen molar-refractivity contribution in [2.75, 3.05) is 7.05 Å². The van der Waals surface area contributed by atoms with E-state index in [2.05, 4.69) is 4.98 Å². The molecule has 2 saturated carbocycles. The van der Waals surface area contributed by atoms with Crippen molar-refractivity contribution >= 4 is 11.7 Å². The number of halogens is 5. The minimum absolute atomic E-state index is 0.0267. The van der Waals surface area contributed by atoms with E-state index in [0.717, 1.165) is 22.3 Å². The van der Waals surface area contributed by atoms with Gasteiger partial charge in [0.05, 0.1) is 0 Å². The van der Waals surface area contributed by atoms with Crippen LogP contribution in [0, 0.1) is 17.3 Å². The predicted octanol–water partition coefficient (Wildman–Crippen LogP) is 7.18. The van der Waals surface area contributed by atoms with Crippen molar-refractivity contribution in [3.05, 3.63) is 88.3 Å². The zero-order valence-electron chi connectivity index (χ0n) is 24.6. The van der Waals surface area contributed by atoms with Crippen molar-refractivity contribution in [1.82, 2.24) is 9.88 Å². The number of hydrogen-bond donors (Lipinski definition) is 1. The molecular weight excluding hydrogens is 579 g/mol. The molecule has 0 spiro atoms. The second kappa shape index (κ2) is 10.6. The third-order valence-electron chi connectivity index (χ3n) is 10.8. The molecule has 1 aromatic heterocycles. The van der Waals surface area contributed by atoms with Crippen LogP contribution < -0.4 is 0 Å². The quantitative estimate of drug-likeness (QED) is 0.362. The monoisotopic (exact) mass is 614 g/mol. The largest absolute Gasteiger partial charge is 0.456 e. The Balaban J connectivity index is 1.40. The number of ketones is 1. The van der Waals surface area contributed by atoms with Crippen LogP contribution in [-0.4, -0.2) is 51.4 Å². The summed E-state index contributed by atoms with van der Waals surface area (Å²) >= 11 is 0. The van der Waals surface area contributed by atoms with E-state index in [-0.39, 0.29) is 30.4 Å². The van der Waals surface area contributed by atoms with Crippen LogP contribution in [-0.2, 0) is 11.3 Å². The van der Waals surface area contributed by atoms with Crippen molar-refractivity contribution in [2.45, 2.75) is 82.0 Å². The Morgan fingerprint density at radius 1 is 1.02 bits per heavy atom. The number of aliphatic hydroxyl groups is 1. The van der Waals surface area contributed by atoms with E-state index in [0.29, 0.717) is 43.4 Å². The molecule has 4 aliphatic rings. The van der Waals surface area contributed by atoms with Gasteiger partial charge >= 0.3 is 12.1 Å². The zero-order chi connectivity index (χ0) is 31.7. The number of allylic oxidation sites excluding steroid dienone is 4. The fraction of sp³-hybridized carbons (Fsp3) is 0.500. The molecule has 4 aliphatic carbocycles. The number of carbonyl (C=O) groups is 2. The Labute approximate surface area is 252 Å². The molecule has 5 nitrogen and oxygen atoms in total. The van der Waals surface area contributed by atoms with Gasteiger partial charge in [-0.15, -0.1) is 0 Å². The first-order chi connectivity index (χ1) is 20.7. The van der Waals surface area contributed by atoms with Crippen LogP contribution >= 0.6 is 0 Å². The van der Waals surface area contributed by atoms with Crippen molar-refractivity contribution in [1.29, 1.82) is 0 Å². The molecule has 234 valence electrons. The van der Waals surface area contributed by atoms with Crippen LogP contribution in [0.2, 0.25) is 0 Å². The highest BCUT2D eigenvalue weighted by Crippen LogP contribution is 2.70. The van der Waals surface area contributed by atoms with Gasteiger partial charge in [-0.1, -0.05) is 24.6 Å². The number of benzene rings is 1. The summed E-state index contributed by atoms with van der Waals surface area (Å²) in [5.41, 5.74) is -0.0729. The Morgan fingerprint density at radius 3 is 2.36 bits per heavy atom. The summed E-state index contributed by atoms with van der Waals surface area (Å²) in [6.45, 7) is 1.77. The van der Waals surface area contributed by atoms with Gasteiger partial charge in [0.25, 0.3) is 5.91 Å². The number of pyridine rings is 1. The molecule has 1 heterocycles. The first-order valence-corrected chi connectivity index (χ1v) is 15.1. The maximum Gasteiger partial charge on any atom is 0.456 e. The average Bonchev–Trinajstić information content (AvgIpc) is 3.27. The molecule has 1 N–H and O–H groups in total. The van der Waals surface area contributed by atoms with Crippen LogP contribution in [0.25, 0.3) is 0 Å². The van der Waals surface area contributed by atoms with Gasteiger partial charge in [-0.25, -0.2) is 0 Å². The molecule has 0 bridgehead atoms. The van der Waals surface area contributed by atoms with E-state index in [1.54, 1.807) is 54.7 Å². The maximum atomic E-state index is 15.2. The summed E-state index contributed by atoms with van der Waals surface area (Å²) in [5, 5.41) is 11.4. The minimum atomic E-state index is -5.90. The summed E-state index contributed by atoms with van der Waals surface area (Å²) in [6.07, 6.45) is 0.208. The van der Waals surface area contributed by atoms with E-state index >= 15 is 8.78 Å². The van der Waals surface area contributed by atoms with Crippen molar-refractivity contribution in [3.8, 4) is 0 Å². The minimum Gasteiger partial charge on any atom is -0.383 e. The molecule has 2 aromatic rings. The number of fused-ring (bicyclic) bond motifs is 4. The van der Waals surface area contributed by atoms with Gasteiger partial charge in [-0.05, 0) is 103 Å². The molecule has 44 heavy (non-hydrogen) atoms. The fourth-order valence-electron chi connectivity index (χ4n) is 8.63. The summed E-state index contributed by atoms with van der Waals surface area (Å²) in [7, 11) is 1.68. The van der Waals surface area contributed by atoms with E-state index in [4.69, 9.17) is 0 Å². The highest BCUT2D eigenvalue weighted by atomic mass is 19.4. The lowest BCUT2D eigenvalue weighted by Gasteiger charge is -2.56. The SMILES string of the molecule is CN(Cc1ccncc1)C(=O)c1ccc([C@H]2C[C@@]3(C)C(CC[C@]3(O)C(F)(F)C(F)(F)F)C3CCC4=CC(=O)CCC4=C32)cc1. The summed E-state index contributed by atoms with van der Waals surface area (Å²) in [6, 6.07) is 10.4. The summed E-state index contributed by atoms with van der Waals surface area (Å²) < 4.78 is 71.8. The van der Waals surface area contributed by atoms with Crippen LogP contribution in [0.5, 0.6) is 0 Å². The highest BCUT2D eigenvalue weighted by Gasteiger charge is 2.79. The van der Waals surface area contributed by atoms with Crippen LogP contribution in [0.15, 0.2) is 71.6 Å². The van der Waals surface area contributed by atoms with Gasteiger partial charge in [-0.2, -0.15) is 22.0 Å². The Hall–Kier alpha value is -3.40. The molecule has 0 saturated heterocycles. The van der Waals surface area contributed by atoms with E-state index < -0.39 is 41.4 Å². The third-order valence-corrected chi connectivity index (χ3v) is 10.8. The maximum absolute atomic E-state index is 15.2. The van der Waals surface area contributed by atoms with E-state index in [9.17, 15) is 27.9 Å². The molecule has 1 amide bonds. The second-order valence-corrected chi connectivity index (χ2v) is 13.1. The van der Waals surface area contributed by atoms with Gasteiger partial charge in [0.15, 0.2) is 5.78 Å². The van der Waals surface area contributed by atoms with Crippen LogP contribution in [0.1, 0.15) is 79.3 Å². The standard InChI is InChI=1S/C34H35F5N2O3/c1-31-18-27(21-3-5-22(6-4-21)30(43)41(2)19-20-12-15-40-16-13-20)29-25-10-8-24(42)17-23(25)7-9-26(29)28(31)11-14-32(31,44)33(35,36)34(37,38)39/h3-6,12-13,15-17,26-28,44H,7-11,14,18-19H2,1-2H3/t26?,27-,28?,31+,32-/m1/s1. The first-order valence-electron chi connectivity index (χ1n) is 15.1. The molecule has 5 atom stereocenters. The number of nitrogens with zero attached hydrogens (tertiary/aromatic N) is 2. The second-order valence-electron chi connectivity index (χ2n) is 13.1. The topological polar surface area (TPSA) is 70.5 Å². The molecule has 0 aliphatic heterocycles. The lowest BCUT2D eigenvalue weighted by atomic mass is 9.50. The van der Waals surface area contributed by atoms with E-state index in [1.165, 1.54) is 6.92 Å². The third kappa shape index (κ3) is 4.63. The average molecular weight is 615 g/mol. The Morgan fingerprint density at radius 2 is 1.70 bits per heavy atom. The van der Waals surface area contributed by atoms with Crippen molar-refractivity contribution in [2.24, 2.45) is 17.3 Å². The molecule has 6 rings (SSSR count). The van der Waals surface area contributed by atoms with Gasteiger partial charge in [0.1, 0.15) is 5.60 Å². The van der Waals surface area contributed by atoms with Gasteiger partial charge in [-0.3, -0.25) is 14.6 Å². The predicted molar refractivity (Wildman–Crippen MR) is 153 cm³/mol. The van der Waals surface area contributed by atoms with Gasteiger partial charge in [0, 0.05) is 49.3 Å². The first kappa shape index (κ1) is 30.6. The summed E-state index contributed by atoms with van der Waals surface area (Å²) in [4.78, 5) is 31.0. The molecule has 10 heteroatoms. The molecule has 1 aromatic carbocycles. The fourth-order valence-corrected chi connectivity index (χ4v) is 8.63. The molecule has 2 unspecified atom stereocenters. The van der Waals surface area contributed by atoms with Crippen LogP contribution in [0.3, 0.4) is 0 Å². The highest BCUT2D eigenvalue weighted by molar-refractivity contribution is 5.94. The lowest BCUT2D eigenvalue weighted by molar-refractivity contribution is -0.362. The molecular formula is C34H35F5N2O3. The number of alkyl halides is 5. The number of amides is 1. The Kier molecular flexibility index (Phi) is 7.38. The van der Waals surface area contributed by atoms with Crippen molar-refractivity contribution in [3.63, 3.8) is 0 Å². The van der Waals surface area contributed by atoms with Crippen LogP contribution in [0.4, 0.5) is 22.0 Å². The number of carbonyl (C=O) groups excluding carboxylic acids is 2. The smallest absolute Gasteiger partial charge is 0.383 e. The normalized spacial score (nSPS) is 30.3. The number of hydrogen-bond acceptors (Lipinski definition) is 4. The van der Waals surface area contributed by atoms with Crippen molar-refractivity contribution < 1.29 is 36.6 Å². The summed E-state index contributed by atoms with van der Waals surface area (Å²) in [5.74, 6) is -6.91. The molecule has 0 radical (unpaired) electrons. The Bertz CT molecular complexity index is 1530. The molecule has 2 fully saturated rings. The lowest BCUT2D eigenvalue weighted by Crippen LogP contribution is -2.65. The zero-order valence-corrected chi connectivity index (χ0v) is 24.6. The number of rotatable bonds is 5. The van der Waals surface area contributed by atoms with Gasteiger partial charge in [0.2, 0.25) is 0 Å².